The van der Waals surface area contributed by atoms with Gasteiger partial charge in [0.1, 0.15) is 5.57 Å². The van der Waals surface area contributed by atoms with E-state index < -0.39 is 30.4 Å². The molecule has 0 aromatic heterocycles. The van der Waals surface area contributed by atoms with Crippen molar-refractivity contribution in [1.29, 1.82) is 0 Å². The number of nitrogens with zero attached hydrogens (tertiary/aromatic N) is 1. The lowest BCUT2D eigenvalue weighted by molar-refractivity contribution is -0.139. The van der Waals surface area contributed by atoms with Crippen molar-refractivity contribution in [1.82, 2.24) is 5.32 Å². The highest BCUT2D eigenvalue weighted by Crippen LogP contribution is 2.35. The molecule has 1 fully saturated rings. The first-order valence-corrected chi connectivity index (χ1v) is 10.5. The van der Waals surface area contributed by atoms with E-state index in [1.54, 1.807) is 30.3 Å². The summed E-state index contributed by atoms with van der Waals surface area (Å²) in [6.07, 6.45) is 1.32. The number of carboxylic acids is 1. The van der Waals surface area contributed by atoms with E-state index in [-0.39, 0.29) is 17.1 Å². The first kappa shape index (κ1) is 22.7. The number of carbonyl (C=O) groups excluding carboxylic acids is 3. The molecule has 3 rings (SSSR count). The maximum Gasteiger partial charge on any atom is 0.341 e. The van der Waals surface area contributed by atoms with Crippen LogP contribution in [0.3, 0.4) is 0 Å². The van der Waals surface area contributed by atoms with Crippen LogP contribution in [0.4, 0.5) is 10.5 Å². The molecule has 2 N–H and O–H groups in total. The number of carboxylic acid groups (broad SMARTS) is 1. The minimum absolute atomic E-state index is 0.221. The number of anilines is 1. The van der Waals surface area contributed by atoms with Gasteiger partial charge in [-0.2, -0.15) is 0 Å². The van der Waals surface area contributed by atoms with E-state index in [0.29, 0.717) is 14.8 Å². The summed E-state index contributed by atoms with van der Waals surface area (Å²) < 4.78 is 11.8. The van der Waals surface area contributed by atoms with Crippen molar-refractivity contribution in [3.63, 3.8) is 0 Å². The molecule has 0 bridgehead atoms. The number of ether oxygens (including phenoxy) is 2. The molecule has 0 aliphatic carbocycles. The van der Waals surface area contributed by atoms with E-state index in [4.69, 9.17) is 14.6 Å². The number of hydrogen-bond donors (Lipinski definition) is 2. The molecule has 2 aromatic carbocycles. The molecule has 1 heterocycles. The fraction of sp³-hybridized carbons (Fsp3) is 0.100. The molecular formula is C20H14BrIN2O7. The maximum absolute atomic E-state index is 13.0. The molecule has 0 radical (unpaired) electrons. The topological polar surface area (TPSA) is 122 Å². The van der Waals surface area contributed by atoms with Crippen molar-refractivity contribution in [3.05, 3.63) is 55.6 Å². The predicted molar refractivity (Wildman–Crippen MR) is 122 cm³/mol. The second kappa shape index (κ2) is 9.47. The summed E-state index contributed by atoms with van der Waals surface area (Å²) in [5.41, 5.74) is 0.473. The van der Waals surface area contributed by atoms with Gasteiger partial charge in [0.05, 0.1) is 16.4 Å². The summed E-state index contributed by atoms with van der Waals surface area (Å²) >= 11 is 5.21. The first-order chi connectivity index (χ1) is 14.7. The van der Waals surface area contributed by atoms with Crippen LogP contribution in [0.15, 0.2) is 46.4 Å². The van der Waals surface area contributed by atoms with Crippen LogP contribution in [0, 0.1) is 3.57 Å². The summed E-state index contributed by atoms with van der Waals surface area (Å²) in [6.45, 7) is -0.558. The predicted octanol–water partition coefficient (Wildman–Crippen LogP) is 3.19. The van der Waals surface area contributed by atoms with Crippen LogP contribution in [-0.2, 0) is 14.4 Å². The highest BCUT2D eigenvalue weighted by Gasteiger charge is 2.36. The van der Waals surface area contributed by atoms with E-state index in [9.17, 15) is 19.2 Å². The summed E-state index contributed by atoms with van der Waals surface area (Å²) in [4.78, 5) is 49.2. The second-order valence-corrected chi connectivity index (χ2v) is 8.23. The van der Waals surface area contributed by atoms with Gasteiger partial charge in [-0.05, 0) is 70.6 Å². The van der Waals surface area contributed by atoms with Crippen LogP contribution in [0.1, 0.15) is 5.56 Å². The smallest absolute Gasteiger partial charge is 0.341 e. The van der Waals surface area contributed by atoms with Gasteiger partial charge in [0.25, 0.3) is 11.8 Å². The van der Waals surface area contributed by atoms with E-state index in [1.165, 1.54) is 19.3 Å². The van der Waals surface area contributed by atoms with E-state index in [1.807, 2.05) is 22.6 Å². The standard InChI is InChI=1S/C20H14BrIN2O7/c1-30-15-8-10(7-14(22)17(15)31-9-16(25)26)6-13-18(27)23-20(29)24(19(13)28)12-4-2-11(21)3-5-12/h2-8H,9H2,1H3,(H,25,26)(H,23,27,29)/b13-6+. The van der Waals surface area contributed by atoms with Gasteiger partial charge in [0, 0.05) is 4.47 Å². The average Bonchev–Trinajstić information content (AvgIpc) is 2.71. The third-order valence-electron chi connectivity index (χ3n) is 4.09. The van der Waals surface area contributed by atoms with Crippen LogP contribution < -0.4 is 19.7 Å². The zero-order valence-corrected chi connectivity index (χ0v) is 19.6. The van der Waals surface area contributed by atoms with Crippen LogP contribution in [0.25, 0.3) is 6.08 Å². The molecule has 0 atom stereocenters. The Morgan fingerprint density at radius 2 is 1.90 bits per heavy atom. The average molecular weight is 601 g/mol. The number of rotatable bonds is 6. The van der Waals surface area contributed by atoms with E-state index in [2.05, 4.69) is 21.2 Å². The molecule has 1 aliphatic rings. The normalized spacial score (nSPS) is 15.1. The van der Waals surface area contributed by atoms with Crippen molar-refractivity contribution in [2.45, 2.75) is 0 Å². The Bertz CT molecular complexity index is 1120. The van der Waals surface area contributed by atoms with Crippen LogP contribution in [0.2, 0.25) is 0 Å². The Labute approximate surface area is 198 Å². The molecule has 9 nitrogen and oxygen atoms in total. The van der Waals surface area contributed by atoms with Crippen LogP contribution >= 0.6 is 38.5 Å². The van der Waals surface area contributed by atoms with Crippen molar-refractivity contribution < 1.29 is 33.8 Å². The van der Waals surface area contributed by atoms with Gasteiger partial charge in [0.2, 0.25) is 0 Å². The molecule has 4 amide bonds. The molecule has 160 valence electrons. The number of hydrogen-bond acceptors (Lipinski definition) is 6. The highest BCUT2D eigenvalue weighted by atomic mass is 127. The lowest BCUT2D eigenvalue weighted by atomic mass is 10.1. The second-order valence-electron chi connectivity index (χ2n) is 6.15. The molecule has 0 spiro atoms. The van der Waals surface area contributed by atoms with Crippen molar-refractivity contribution in [2.24, 2.45) is 0 Å². The van der Waals surface area contributed by atoms with Gasteiger partial charge in [-0.25, -0.2) is 14.5 Å². The number of aliphatic carboxylic acids is 1. The minimum atomic E-state index is -1.15. The quantitative estimate of drug-likeness (QED) is 0.297. The maximum atomic E-state index is 13.0. The largest absolute Gasteiger partial charge is 0.493 e. The molecule has 1 saturated heterocycles. The Balaban J connectivity index is 1.99. The minimum Gasteiger partial charge on any atom is -0.493 e. The number of methoxy groups -OCH3 is 1. The van der Waals surface area contributed by atoms with Gasteiger partial charge >= 0.3 is 12.0 Å². The number of halogens is 2. The number of benzene rings is 2. The lowest BCUT2D eigenvalue weighted by Crippen LogP contribution is -2.54. The number of amides is 4. The summed E-state index contributed by atoms with van der Waals surface area (Å²) in [5, 5.41) is 11.0. The van der Waals surface area contributed by atoms with Gasteiger partial charge in [-0.15, -0.1) is 0 Å². The van der Waals surface area contributed by atoms with E-state index in [0.717, 1.165) is 9.37 Å². The monoisotopic (exact) mass is 600 g/mol. The Morgan fingerprint density at radius 1 is 1.23 bits per heavy atom. The number of carbonyl (C=O) groups is 4. The van der Waals surface area contributed by atoms with E-state index >= 15 is 0 Å². The fourth-order valence-corrected chi connectivity index (χ4v) is 3.79. The summed E-state index contributed by atoms with van der Waals surface area (Å²) in [6, 6.07) is 8.70. The van der Waals surface area contributed by atoms with Crippen molar-refractivity contribution >= 4 is 74.1 Å². The Hall–Kier alpha value is -2.93. The number of barbiturate groups is 1. The highest BCUT2D eigenvalue weighted by molar-refractivity contribution is 14.1. The molecule has 2 aromatic rings. The van der Waals surface area contributed by atoms with Crippen molar-refractivity contribution in [3.8, 4) is 11.5 Å². The Morgan fingerprint density at radius 3 is 2.52 bits per heavy atom. The van der Waals surface area contributed by atoms with Crippen LogP contribution in [0.5, 0.6) is 11.5 Å². The fourth-order valence-electron chi connectivity index (χ4n) is 2.75. The molecule has 1 aliphatic heterocycles. The Kier molecular flexibility index (Phi) is 6.95. The third kappa shape index (κ3) is 5.05. The summed E-state index contributed by atoms with van der Waals surface area (Å²) in [7, 11) is 1.38. The zero-order valence-electron chi connectivity index (χ0n) is 15.8. The van der Waals surface area contributed by atoms with Crippen LogP contribution in [-0.4, -0.2) is 42.6 Å². The van der Waals surface area contributed by atoms with Gasteiger partial charge < -0.3 is 14.6 Å². The van der Waals surface area contributed by atoms with Gasteiger partial charge in [0.15, 0.2) is 18.1 Å². The molecule has 31 heavy (non-hydrogen) atoms. The molecule has 0 unspecified atom stereocenters. The molecule has 11 heteroatoms. The number of nitrogens with one attached hydrogen (secondary N) is 1. The SMILES string of the molecule is COc1cc(/C=C2\C(=O)NC(=O)N(c3ccc(Br)cc3)C2=O)cc(I)c1OCC(=O)O. The summed E-state index contributed by atoms with van der Waals surface area (Å²) in [5.74, 6) is -2.31. The molecular weight excluding hydrogens is 587 g/mol. The van der Waals surface area contributed by atoms with Crippen molar-refractivity contribution in [2.75, 3.05) is 18.6 Å². The number of urea groups is 1. The first-order valence-electron chi connectivity index (χ1n) is 8.60. The lowest BCUT2D eigenvalue weighted by Gasteiger charge is -2.26. The van der Waals surface area contributed by atoms with Gasteiger partial charge in [-0.1, -0.05) is 15.9 Å². The third-order valence-corrected chi connectivity index (χ3v) is 5.42. The number of imide groups is 2. The van der Waals surface area contributed by atoms with Gasteiger partial charge in [-0.3, -0.25) is 14.9 Å². The zero-order chi connectivity index (χ0) is 22.7. The molecule has 0 saturated carbocycles.